The first-order chi connectivity index (χ1) is 21.0. The first kappa shape index (κ1) is 32.1. The molecule has 240 valence electrons. The van der Waals surface area contributed by atoms with Crippen LogP contribution in [0.1, 0.15) is 51.9 Å². The van der Waals surface area contributed by atoms with Gasteiger partial charge in [-0.15, -0.1) is 0 Å². The summed E-state index contributed by atoms with van der Waals surface area (Å²) in [5.41, 5.74) is 3.73. The fourth-order valence-corrected chi connectivity index (χ4v) is 6.29. The van der Waals surface area contributed by atoms with Gasteiger partial charge in [-0.1, -0.05) is 0 Å². The van der Waals surface area contributed by atoms with Gasteiger partial charge in [0.05, 0.1) is 16.6 Å². The predicted octanol–water partition coefficient (Wildman–Crippen LogP) is 3.05. The molecule has 1 aromatic carbocycles. The Hall–Kier alpha value is -4.31. The van der Waals surface area contributed by atoms with Gasteiger partial charge >= 0.3 is 12.1 Å². The lowest BCUT2D eigenvalue weighted by atomic mass is 10.0. The number of pyridine rings is 1. The number of carbonyl (C=O) groups excluding carboxylic acids is 2. The number of aromatic amines is 1. The Morgan fingerprint density at radius 3 is 2.33 bits per heavy atom. The van der Waals surface area contributed by atoms with Crippen molar-refractivity contribution >= 4 is 27.6 Å². The van der Waals surface area contributed by atoms with Crippen LogP contribution in [0.5, 0.6) is 0 Å². The highest BCUT2D eigenvalue weighted by Crippen LogP contribution is 2.41. The van der Waals surface area contributed by atoms with Crippen molar-refractivity contribution in [3.63, 3.8) is 0 Å². The summed E-state index contributed by atoms with van der Waals surface area (Å²) in [5.74, 6) is -2.35. The predicted molar refractivity (Wildman–Crippen MR) is 153 cm³/mol. The minimum absolute atomic E-state index is 0.0392. The topological polar surface area (TPSA) is 174 Å². The van der Waals surface area contributed by atoms with E-state index in [0.29, 0.717) is 40.8 Å². The number of likely N-dealkylation sites (tertiary alicyclic amines) is 1. The van der Waals surface area contributed by atoms with Crippen LogP contribution >= 0.6 is 0 Å². The highest BCUT2D eigenvalue weighted by molar-refractivity contribution is 7.90. The lowest BCUT2D eigenvalue weighted by Crippen LogP contribution is -2.53. The molecule has 2 fully saturated rings. The number of benzene rings is 1. The number of aliphatic hydroxyl groups excluding tert-OH is 1. The first-order valence-electron chi connectivity index (χ1n) is 13.9. The van der Waals surface area contributed by atoms with Crippen LogP contribution in [0.4, 0.5) is 13.2 Å². The molecular formula is C29H30F3N5O7S. The maximum Gasteiger partial charge on any atom is 0.490 e. The first-order valence-corrected chi connectivity index (χ1v) is 15.8. The zero-order chi connectivity index (χ0) is 33.0. The second-order valence-corrected chi connectivity index (χ2v) is 13.4. The number of carbonyl (C=O) groups is 3. The number of alkyl halides is 3. The average Bonchev–Trinajstić information content (AvgIpc) is 3.65. The highest BCUT2D eigenvalue weighted by Gasteiger charge is 2.41. The van der Waals surface area contributed by atoms with Gasteiger partial charge < -0.3 is 25.0 Å². The average molecular weight is 650 g/mol. The molecule has 6 rings (SSSR count). The van der Waals surface area contributed by atoms with Crippen molar-refractivity contribution in [2.24, 2.45) is 5.92 Å². The number of nitrogens with zero attached hydrogens (tertiary/aromatic N) is 4. The molecule has 1 saturated heterocycles. The van der Waals surface area contributed by atoms with E-state index in [-0.39, 0.29) is 47.1 Å². The molecule has 1 atom stereocenters. The van der Waals surface area contributed by atoms with E-state index in [4.69, 9.17) is 9.90 Å². The molecule has 2 aliphatic heterocycles. The lowest BCUT2D eigenvalue weighted by Gasteiger charge is -2.35. The third-order valence-electron chi connectivity index (χ3n) is 8.01. The van der Waals surface area contributed by atoms with E-state index >= 15 is 0 Å². The summed E-state index contributed by atoms with van der Waals surface area (Å²) in [4.78, 5) is 50.3. The van der Waals surface area contributed by atoms with Gasteiger partial charge in [0.25, 0.3) is 11.8 Å². The van der Waals surface area contributed by atoms with Gasteiger partial charge in [-0.25, -0.2) is 18.2 Å². The number of aromatic nitrogens is 3. The van der Waals surface area contributed by atoms with E-state index < -0.39 is 28.1 Å². The molecule has 45 heavy (non-hydrogen) atoms. The number of sulfone groups is 1. The van der Waals surface area contributed by atoms with Crippen molar-refractivity contribution in [3.05, 3.63) is 53.0 Å². The summed E-state index contributed by atoms with van der Waals surface area (Å²) in [5, 5.41) is 16.7. The van der Waals surface area contributed by atoms with E-state index in [1.54, 1.807) is 36.2 Å². The fourth-order valence-electron chi connectivity index (χ4n) is 5.36. The van der Waals surface area contributed by atoms with Crippen LogP contribution in [0.3, 0.4) is 0 Å². The summed E-state index contributed by atoms with van der Waals surface area (Å²) >= 11 is 0. The standard InChI is InChI=1S/C27H29N5O5S.C2HF3O2/c1-14-24(27(35)31-12-20(33)13-31)30-25(29-14)21-9-17(6-7-28-21)18-8-19-11-32(15(2)16-4-5-16)26(34)23(19)22(10-18)38(3,36)37;3-2(4,5)1(6)7/h6-10,15-16,20,33H,4-5,11-13H2,1-3H3,(H,29,30);(H,6,7)/t15-;/m0./s1. The number of H-pyrrole nitrogens is 1. The van der Waals surface area contributed by atoms with Gasteiger partial charge in [-0.3, -0.25) is 14.6 Å². The number of carboxylic acid groups (broad SMARTS) is 1. The van der Waals surface area contributed by atoms with Crippen LogP contribution < -0.4 is 0 Å². The molecule has 1 aliphatic carbocycles. The summed E-state index contributed by atoms with van der Waals surface area (Å²) in [6.07, 6.45) is -0.670. The molecule has 1 saturated carbocycles. The van der Waals surface area contributed by atoms with E-state index in [1.165, 1.54) is 4.90 Å². The van der Waals surface area contributed by atoms with Crippen LogP contribution in [0, 0.1) is 12.8 Å². The minimum Gasteiger partial charge on any atom is -0.475 e. The van der Waals surface area contributed by atoms with Crippen LogP contribution in [-0.2, 0) is 21.2 Å². The summed E-state index contributed by atoms with van der Waals surface area (Å²) in [6.45, 7) is 4.75. The Morgan fingerprint density at radius 1 is 1.13 bits per heavy atom. The molecule has 4 heterocycles. The largest absolute Gasteiger partial charge is 0.490 e. The molecule has 0 spiro atoms. The number of aliphatic carboxylic acids is 1. The number of rotatable bonds is 6. The number of β-amino-alcohol motifs (C(OH)–C–C–N with tert-alkyl or cyclic N) is 1. The van der Waals surface area contributed by atoms with Gasteiger partial charge in [-0.05, 0) is 73.6 Å². The summed E-state index contributed by atoms with van der Waals surface area (Å²) in [7, 11) is -3.67. The summed E-state index contributed by atoms with van der Waals surface area (Å²) in [6, 6.07) is 7.08. The van der Waals surface area contributed by atoms with E-state index in [9.17, 15) is 36.3 Å². The third-order valence-corrected chi connectivity index (χ3v) is 9.13. The quantitative estimate of drug-likeness (QED) is 0.363. The fraction of sp³-hybridized carbons (Fsp3) is 0.414. The SMILES string of the molecule is Cc1[nH]c(-c2cc(-c3cc4c(c(S(C)(=O)=O)c3)C(=O)N([C@@H](C)C3CC3)C4)ccn2)nc1C(=O)N1CC(O)C1.O=C(O)C(F)(F)F. The monoisotopic (exact) mass is 649 g/mol. The maximum absolute atomic E-state index is 13.3. The van der Waals surface area contributed by atoms with Gasteiger partial charge in [0.15, 0.2) is 15.7 Å². The highest BCUT2D eigenvalue weighted by atomic mass is 32.2. The van der Waals surface area contributed by atoms with E-state index in [2.05, 4.69) is 15.0 Å². The molecule has 3 aliphatic rings. The number of hydrogen-bond donors (Lipinski definition) is 3. The zero-order valence-corrected chi connectivity index (χ0v) is 25.2. The van der Waals surface area contributed by atoms with Gasteiger partial charge in [-0.2, -0.15) is 13.2 Å². The molecule has 3 N–H and O–H groups in total. The van der Waals surface area contributed by atoms with Crippen LogP contribution in [0.25, 0.3) is 22.6 Å². The Balaban J connectivity index is 0.000000515. The lowest BCUT2D eigenvalue weighted by molar-refractivity contribution is -0.192. The summed E-state index contributed by atoms with van der Waals surface area (Å²) < 4.78 is 57.3. The number of aryl methyl sites for hydroxylation is 1. The van der Waals surface area contributed by atoms with Crippen molar-refractivity contribution in [3.8, 4) is 22.6 Å². The number of fused-ring (bicyclic) bond motifs is 1. The van der Waals surface area contributed by atoms with Gasteiger partial charge in [0.2, 0.25) is 0 Å². The molecule has 12 nitrogen and oxygen atoms in total. The minimum atomic E-state index is -5.08. The van der Waals surface area contributed by atoms with Crippen LogP contribution in [0.15, 0.2) is 35.4 Å². The Kier molecular flexibility index (Phi) is 8.24. The molecule has 2 amide bonds. The van der Waals surface area contributed by atoms with Crippen molar-refractivity contribution < 1.29 is 46.2 Å². The van der Waals surface area contributed by atoms with Crippen molar-refractivity contribution in [2.75, 3.05) is 19.3 Å². The van der Waals surface area contributed by atoms with E-state index in [0.717, 1.165) is 24.7 Å². The molecule has 2 aromatic heterocycles. The number of imidazole rings is 1. The Morgan fingerprint density at radius 2 is 1.78 bits per heavy atom. The van der Waals surface area contributed by atoms with E-state index in [1.807, 2.05) is 13.0 Å². The molecular weight excluding hydrogens is 619 g/mol. The number of nitrogens with one attached hydrogen (secondary N) is 1. The number of amides is 2. The second-order valence-electron chi connectivity index (χ2n) is 11.4. The second kappa shape index (κ2) is 11.6. The van der Waals surface area contributed by atoms with Crippen LogP contribution in [-0.4, -0.2) is 98.8 Å². The smallest absolute Gasteiger partial charge is 0.475 e. The van der Waals surface area contributed by atoms with Gasteiger partial charge in [0.1, 0.15) is 11.4 Å². The molecule has 0 unspecified atom stereocenters. The molecule has 0 radical (unpaired) electrons. The number of halogens is 3. The van der Waals surface area contributed by atoms with Crippen LogP contribution in [0.2, 0.25) is 0 Å². The van der Waals surface area contributed by atoms with Crippen molar-refractivity contribution in [1.82, 2.24) is 24.8 Å². The Bertz CT molecular complexity index is 1800. The number of hydrogen-bond acceptors (Lipinski definition) is 8. The van der Waals surface area contributed by atoms with Gasteiger partial charge in [0, 0.05) is 43.8 Å². The third kappa shape index (κ3) is 6.56. The molecule has 0 bridgehead atoms. The number of carboxylic acids is 1. The molecule has 16 heteroatoms. The maximum atomic E-state index is 13.3. The Labute approximate surface area is 255 Å². The number of aliphatic hydroxyl groups is 1. The molecule has 3 aromatic rings. The zero-order valence-electron chi connectivity index (χ0n) is 24.4. The van der Waals surface area contributed by atoms with Crippen molar-refractivity contribution in [1.29, 1.82) is 0 Å². The van der Waals surface area contributed by atoms with Crippen molar-refractivity contribution in [2.45, 2.75) is 56.5 Å². The normalized spacial score (nSPS) is 17.4.